The van der Waals surface area contributed by atoms with E-state index in [9.17, 15) is 0 Å². The van der Waals surface area contributed by atoms with Gasteiger partial charge in [0.25, 0.3) is 0 Å². The van der Waals surface area contributed by atoms with Crippen molar-refractivity contribution in [1.82, 2.24) is 10.2 Å². The van der Waals surface area contributed by atoms with Crippen molar-refractivity contribution < 1.29 is 0 Å². The van der Waals surface area contributed by atoms with Crippen LogP contribution in [0.3, 0.4) is 0 Å². The van der Waals surface area contributed by atoms with E-state index >= 15 is 0 Å². The number of nitrogens with zero attached hydrogens (tertiary/aromatic N) is 1. The minimum atomic E-state index is 0.464. The van der Waals surface area contributed by atoms with Gasteiger partial charge in [0.15, 0.2) is 0 Å². The average molecular weight is 199 g/mol. The fourth-order valence-corrected chi connectivity index (χ4v) is 2.05. The van der Waals surface area contributed by atoms with E-state index in [-0.39, 0.29) is 0 Å². The van der Waals surface area contributed by atoms with Crippen molar-refractivity contribution in [3.05, 3.63) is 0 Å². The number of likely N-dealkylation sites (tertiary alicyclic amines) is 1. The molecule has 1 heterocycles. The molecule has 3 nitrogen and oxygen atoms in total. The summed E-state index contributed by atoms with van der Waals surface area (Å²) in [5.41, 5.74) is 5.59. The Balaban J connectivity index is 2.22. The molecule has 1 aliphatic heterocycles. The Kier molecular flexibility index (Phi) is 4.85. The first-order valence-electron chi connectivity index (χ1n) is 5.83. The third kappa shape index (κ3) is 3.56. The molecule has 0 aromatic carbocycles. The minimum absolute atomic E-state index is 0.464. The molecule has 84 valence electrons. The van der Waals surface area contributed by atoms with Gasteiger partial charge in [-0.2, -0.15) is 0 Å². The first-order chi connectivity index (χ1) is 6.63. The van der Waals surface area contributed by atoms with E-state index in [1.807, 2.05) is 0 Å². The van der Waals surface area contributed by atoms with Gasteiger partial charge in [0.2, 0.25) is 0 Å². The van der Waals surface area contributed by atoms with Crippen molar-refractivity contribution in [3.8, 4) is 0 Å². The highest BCUT2D eigenvalue weighted by atomic mass is 15.2. The van der Waals surface area contributed by atoms with Crippen LogP contribution in [0, 0.1) is 0 Å². The molecule has 0 aromatic heterocycles. The van der Waals surface area contributed by atoms with Crippen LogP contribution in [-0.2, 0) is 0 Å². The van der Waals surface area contributed by atoms with E-state index < -0.39 is 0 Å². The van der Waals surface area contributed by atoms with Crippen molar-refractivity contribution in [2.75, 3.05) is 19.6 Å². The van der Waals surface area contributed by atoms with Crippen LogP contribution in [0.5, 0.6) is 0 Å². The number of hydrogen-bond donors (Lipinski definition) is 2. The van der Waals surface area contributed by atoms with Crippen LogP contribution >= 0.6 is 0 Å². The monoisotopic (exact) mass is 199 g/mol. The predicted octanol–water partition coefficient (Wildman–Crippen LogP) is 0.796. The summed E-state index contributed by atoms with van der Waals surface area (Å²) in [6, 6.07) is 1.84. The molecule has 1 fully saturated rings. The maximum atomic E-state index is 5.59. The van der Waals surface area contributed by atoms with E-state index in [0.717, 1.165) is 6.54 Å². The van der Waals surface area contributed by atoms with Crippen LogP contribution in [0.15, 0.2) is 0 Å². The van der Waals surface area contributed by atoms with E-state index in [4.69, 9.17) is 5.73 Å². The summed E-state index contributed by atoms with van der Waals surface area (Å²) in [6.07, 6.45) is 2.53. The zero-order valence-electron chi connectivity index (χ0n) is 9.79. The standard InChI is InChI=1S/C11H25N3/c1-9(2)14-6-4-11(5-7-14)13-10(3)8-12/h9-11,13H,4-8,12H2,1-3H3. The highest BCUT2D eigenvalue weighted by Crippen LogP contribution is 2.13. The number of rotatable bonds is 4. The molecule has 1 unspecified atom stereocenters. The SMILES string of the molecule is CC(CN)NC1CCN(C(C)C)CC1. The van der Waals surface area contributed by atoms with Gasteiger partial charge in [-0.15, -0.1) is 0 Å². The van der Waals surface area contributed by atoms with Crippen molar-refractivity contribution in [2.45, 2.75) is 51.7 Å². The lowest BCUT2D eigenvalue weighted by atomic mass is 10.0. The Hall–Kier alpha value is -0.120. The summed E-state index contributed by atoms with van der Waals surface area (Å²) in [5, 5.41) is 3.58. The second-order valence-electron chi connectivity index (χ2n) is 4.71. The maximum absolute atomic E-state index is 5.59. The van der Waals surface area contributed by atoms with Gasteiger partial charge < -0.3 is 16.0 Å². The van der Waals surface area contributed by atoms with Gasteiger partial charge in [0, 0.05) is 24.7 Å². The van der Waals surface area contributed by atoms with Crippen LogP contribution in [-0.4, -0.2) is 42.7 Å². The summed E-state index contributed by atoms with van der Waals surface area (Å²) in [6.45, 7) is 9.91. The molecule has 0 amide bonds. The first-order valence-corrected chi connectivity index (χ1v) is 5.83. The average Bonchev–Trinajstić information content (AvgIpc) is 2.18. The largest absolute Gasteiger partial charge is 0.329 e. The number of nitrogens with two attached hydrogens (primary N) is 1. The quantitative estimate of drug-likeness (QED) is 0.703. The second kappa shape index (κ2) is 5.69. The van der Waals surface area contributed by atoms with Crippen LogP contribution in [0.4, 0.5) is 0 Å². The zero-order chi connectivity index (χ0) is 10.6. The Bertz CT molecular complexity index is 151. The van der Waals surface area contributed by atoms with Crippen molar-refractivity contribution in [2.24, 2.45) is 5.73 Å². The fraction of sp³-hybridized carbons (Fsp3) is 1.00. The molecule has 1 saturated heterocycles. The molecule has 1 rings (SSSR count). The highest BCUT2D eigenvalue weighted by molar-refractivity contribution is 4.80. The molecular weight excluding hydrogens is 174 g/mol. The topological polar surface area (TPSA) is 41.3 Å². The normalized spacial score (nSPS) is 22.9. The van der Waals surface area contributed by atoms with E-state index in [0.29, 0.717) is 18.1 Å². The molecular formula is C11H25N3. The predicted molar refractivity (Wildman–Crippen MR) is 61.4 cm³/mol. The smallest absolute Gasteiger partial charge is 0.0164 e. The van der Waals surface area contributed by atoms with Gasteiger partial charge >= 0.3 is 0 Å². The maximum Gasteiger partial charge on any atom is 0.0164 e. The van der Waals surface area contributed by atoms with Crippen molar-refractivity contribution in [3.63, 3.8) is 0 Å². The summed E-state index contributed by atoms with van der Waals surface area (Å²) in [5.74, 6) is 0. The molecule has 0 aliphatic carbocycles. The third-order valence-electron chi connectivity index (χ3n) is 3.13. The van der Waals surface area contributed by atoms with Crippen LogP contribution in [0.1, 0.15) is 33.6 Å². The first kappa shape index (κ1) is 12.0. The molecule has 0 radical (unpaired) electrons. The lowest BCUT2D eigenvalue weighted by molar-refractivity contribution is 0.157. The molecule has 0 aromatic rings. The Morgan fingerprint density at radius 2 is 1.86 bits per heavy atom. The molecule has 1 atom stereocenters. The lowest BCUT2D eigenvalue weighted by Gasteiger charge is -2.36. The fourth-order valence-electron chi connectivity index (χ4n) is 2.05. The molecule has 0 saturated carbocycles. The van der Waals surface area contributed by atoms with Crippen LogP contribution in [0.2, 0.25) is 0 Å². The highest BCUT2D eigenvalue weighted by Gasteiger charge is 2.21. The number of piperidine rings is 1. The Morgan fingerprint density at radius 1 is 1.29 bits per heavy atom. The molecule has 0 spiro atoms. The zero-order valence-corrected chi connectivity index (χ0v) is 9.79. The number of nitrogens with one attached hydrogen (secondary N) is 1. The minimum Gasteiger partial charge on any atom is -0.329 e. The van der Waals surface area contributed by atoms with Gasteiger partial charge in [0.1, 0.15) is 0 Å². The summed E-state index contributed by atoms with van der Waals surface area (Å²) in [7, 11) is 0. The van der Waals surface area contributed by atoms with Gasteiger partial charge in [-0.05, 0) is 46.7 Å². The summed E-state index contributed by atoms with van der Waals surface area (Å²) < 4.78 is 0. The molecule has 3 N–H and O–H groups in total. The molecule has 3 heteroatoms. The summed E-state index contributed by atoms with van der Waals surface area (Å²) in [4.78, 5) is 2.55. The molecule has 0 bridgehead atoms. The van der Waals surface area contributed by atoms with Gasteiger partial charge in [0.05, 0.1) is 0 Å². The molecule has 14 heavy (non-hydrogen) atoms. The van der Waals surface area contributed by atoms with Gasteiger partial charge in [-0.3, -0.25) is 0 Å². The third-order valence-corrected chi connectivity index (χ3v) is 3.13. The lowest BCUT2D eigenvalue weighted by Crippen LogP contribution is -2.48. The summed E-state index contributed by atoms with van der Waals surface area (Å²) >= 11 is 0. The Labute approximate surface area is 88.0 Å². The van der Waals surface area contributed by atoms with Gasteiger partial charge in [-0.1, -0.05) is 0 Å². The molecule has 1 aliphatic rings. The van der Waals surface area contributed by atoms with Gasteiger partial charge in [-0.25, -0.2) is 0 Å². The number of hydrogen-bond acceptors (Lipinski definition) is 3. The van der Waals surface area contributed by atoms with Crippen molar-refractivity contribution >= 4 is 0 Å². The van der Waals surface area contributed by atoms with Crippen molar-refractivity contribution in [1.29, 1.82) is 0 Å². The van der Waals surface area contributed by atoms with E-state index in [2.05, 4.69) is 31.0 Å². The van der Waals surface area contributed by atoms with E-state index in [1.165, 1.54) is 25.9 Å². The van der Waals surface area contributed by atoms with E-state index in [1.54, 1.807) is 0 Å². The van der Waals surface area contributed by atoms with Crippen LogP contribution < -0.4 is 11.1 Å². The Morgan fingerprint density at radius 3 is 2.29 bits per heavy atom. The second-order valence-corrected chi connectivity index (χ2v) is 4.71. The van der Waals surface area contributed by atoms with Crippen LogP contribution in [0.25, 0.3) is 0 Å².